The Kier molecular flexibility index (Phi) is 3.47. The molecule has 3 N–H and O–H groups in total. The van der Waals surface area contributed by atoms with Gasteiger partial charge in [0.25, 0.3) is 0 Å². The molecule has 0 aliphatic carbocycles. The highest BCUT2D eigenvalue weighted by molar-refractivity contribution is 5.81. The summed E-state index contributed by atoms with van der Waals surface area (Å²) in [6.45, 7) is 3.65. The van der Waals surface area contributed by atoms with Gasteiger partial charge in [-0.25, -0.2) is 0 Å². The molecule has 0 radical (unpaired) electrons. The fourth-order valence-electron chi connectivity index (χ4n) is 2.24. The highest BCUT2D eigenvalue weighted by Gasteiger charge is 2.33. The summed E-state index contributed by atoms with van der Waals surface area (Å²) in [7, 11) is 0. The summed E-state index contributed by atoms with van der Waals surface area (Å²) in [6.07, 6.45) is 2.25. The standard InChI is InChI=1S/C11H20N2O3/c1-8-2-3-9(16-8)10(14)13-7-11(15)4-5-12-6-11/h8-9,12,15H,2-7H2,1H3,(H,13,14). The molecule has 1 amide bonds. The zero-order chi connectivity index (χ0) is 11.6. The highest BCUT2D eigenvalue weighted by atomic mass is 16.5. The van der Waals surface area contributed by atoms with Gasteiger partial charge in [-0.05, 0) is 32.7 Å². The van der Waals surface area contributed by atoms with E-state index in [0.29, 0.717) is 19.5 Å². The number of aliphatic hydroxyl groups is 1. The molecule has 0 bridgehead atoms. The Morgan fingerprint density at radius 3 is 3.00 bits per heavy atom. The molecule has 3 unspecified atom stereocenters. The van der Waals surface area contributed by atoms with Gasteiger partial charge in [-0.2, -0.15) is 0 Å². The van der Waals surface area contributed by atoms with Crippen molar-refractivity contribution in [2.45, 2.75) is 44.0 Å². The fraction of sp³-hybridized carbons (Fsp3) is 0.909. The van der Waals surface area contributed by atoms with Crippen LogP contribution in [0, 0.1) is 0 Å². The highest BCUT2D eigenvalue weighted by Crippen LogP contribution is 2.19. The van der Waals surface area contributed by atoms with Gasteiger partial charge in [-0.1, -0.05) is 0 Å². The SMILES string of the molecule is CC1CCC(C(=O)NCC2(O)CCNC2)O1. The van der Waals surface area contributed by atoms with Crippen LogP contribution in [-0.4, -0.2) is 48.5 Å². The van der Waals surface area contributed by atoms with E-state index in [1.807, 2.05) is 6.92 Å². The minimum absolute atomic E-state index is 0.0929. The van der Waals surface area contributed by atoms with Gasteiger partial charge in [0.2, 0.25) is 5.91 Å². The molecular formula is C11H20N2O3. The average molecular weight is 228 g/mol. The van der Waals surface area contributed by atoms with Crippen LogP contribution >= 0.6 is 0 Å². The summed E-state index contributed by atoms with van der Waals surface area (Å²) in [5.74, 6) is -0.0929. The summed E-state index contributed by atoms with van der Waals surface area (Å²) in [6, 6.07) is 0. The van der Waals surface area contributed by atoms with Crippen LogP contribution in [0.4, 0.5) is 0 Å². The molecule has 5 heteroatoms. The molecule has 0 spiro atoms. The van der Waals surface area contributed by atoms with Crippen molar-refractivity contribution < 1.29 is 14.6 Å². The molecule has 92 valence electrons. The third-order valence-electron chi connectivity index (χ3n) is 3.34. The van der Waals surface area contributed by atoms with E-state index in [1.165, 1.54) is 0 Å². The predicted molar refractivity (Wildman–Crippen MR) is 59.0 cm³/mol. The van der Waals surface area contributed by atoms with Gasteiger partial charge >= 0.3 is 0 Å². The van der Waals surface area contributed by atoms with Gasteiger partial charge in [0, 0.05) is 13.1 Å². The summed E-state index contributed by atoms with van der Waals surface area (Å²) in [5, 5.41) is 15.9. The molecule has 5 nitrogen and oxygen atoms in total. The normalized spacial score (nSPS) is 38.9. The van der Waals surface area contributed by atoms with Gasteiger partial charge in [-0.15, -0.1) is 0 Å². The zero-order valence-electron chi connectivity index (χ0n) is 9.66. The summed E-state index contributed by atoms with van der Waals surface area (Å²) in [4.78, 5) is 11.7. The Hall–Kier alpha value is -0.650. The van der Waals surface area contributed by atoms with Crippen LogP contribution < -0.4 is 10.6 Å². The van der Waals surface area contributed by atoms with Gasteiger partial charge in [0.1, 0.15) is 6.10 Å². The third-order valence-corrected chi connectivity index (χ3v) is 3.34. The van der Waals surface area contributed by atoms with Crippen molar-refractivity contribution in [3.8, 4) is 0 Å². The number of carbonyl (C=O) groups excluding carboxylic acids is 1. The zero-order valence-corrected chi connectivity index (χ0v) is 9.66. The lowest BCUT2D eigenvalue weighted by molar-refractivity contribution is -0.132. The number of ether oxygens (including phenoxy) is 1. The lowest BCUT2D eigenvalue weighted by atomic mass is 10.0. The quantitative estimate of drug-likeness (QED) is 0.603. The molecule has 0 aromatic carbocycles. The molecule has 2 heterocycles. The van der Waals surface area contributed by atoms with Crippen molar-refractivity contribution in [3.05, 3.63) is 0 Å². The molecule has 2 aliphatic rings. The Morgan fingerprint density at radius 1 is 1.62 bits per heavy atom. The maximum absolute atomic E-state index is 11.7. The van der Waals surface area contributed by atoms with Crippen molar-refractivity contribution in [3.63, 3.8) is 0 Å². The number of hydrogen-bond donors (Lipinski definition) is 3. The topological polar surface area (TPSA) is 70.6 Å². The predicted octanol–water partition coefficient (Wildman–Crippen LogP) is -0.605. The number of carbonyl (C=O) groups is 1. The van der Waals surface area contributed by atoms with Crippen LogP contribution in [-0.2, 0) is 9.53 Å². The van der Waals surface area contributed by atoms with E-state index in [2.05, 4.69) is 10.6 Å². The number of β-amino-alcohol motifs (C(OH)–C–C–N with tert-alkyl or cyclic N) is 1. The van der Waals surface area contributed by atoms with Crippen LogP contribution in [0.15, 0.2) is 0 Å². The maximum Gasteiger partial charge on any atom is 0.249 e. The molecule has 0 saturated carbocycles. The Morgan fingerprint density at radius 2 is 2.44 bits per heavy atom. The van der Waals surface area contributed by atoms with Crippen molar-refractivity contribution in [1.29, 1.82) is 0 Å². The van der Waals surface area contributed by atoms with Gasteiger partial charge in [-0.3, -0.25) is 4.79 Å². The number of rotatable bonds is 3. The molecular weight excluding hydrogens is 208 g/mol. The number of hydrogen-bond acceptors (Lipinski definition) is 4. The molecule has 0 aromatic rings. The summed E-state index contributed by atoms with van der Waals surface area (Å²) < 4.78 is 5.46. The fourth-order valence-corrected chi connectivity index (χ4v) is 2.24. The second-order valence-corrected chi connectivity index (χ2v) is 4.88. The first-order valence-corrected chi connectivity index (χ1v) is 5.95. The van der Waals surface area contributed by atoms with E-state index in [1.54, 1.807) is 0 Å². The molecule has 2 aliphatic heterocycles. The van der Waals surface area contributed by atoms with E-state index >= 15 is 0 Å². The summed E-state index contributed by atoms with van der Waals surface area (Å²) >= 11 is 0. The van der Waals surface area contributed by atoms with Gasteiger partial charge < -0.3 is 20.5 Å². The molecule has 2 fully saturated rings. The van der Waals surface area contributed by atoms with Crippen LogP contribution in [0.5, 0.6) is 0 Å². The van der Waals surface area contributed by atoms with Crippen LogP contribution in [0.1, 0.15) is 26.2 Å². The average Bonchev–Trinajstić information content (AvgIpc) is 2.85. The lowest BCUT2D eigenvalue weighted by Gasteiger charge is -2.22. The van der Waals surface area contributed by atoms with Crippen LogP contribution in [0.25, 0.3) is 0 Å². The first-order chi connectivity index (χ1) is 7.59. The Labute approximate surface area is 95.5 Å². The minimum Gasteiger partial charge on any atom is -0.387 e. The molecule has 0 aromatic heterocycles. The largest absolute Gasteiger partial charge is 0.387 e. The number of amides is 1. The Bertz CT molecular complexity index is 264. The second-order valence-electron chi connectivity index (χ2n) is 4.88. The van der Waals surface area contributed by atoms with E-state index < -0.39 is 5.60 Å². The van der Waals surface area contributed by atoms with Crippen LogP contribution in [0.2, 0.25) is 0 Å². The van der Waals surface area contributed by atoms with Crippen molar-refractivity contribution in [2.24, 2.45) is 0 Å². The van der Waals surface area contributed by atoms with E-state index in [-0.39, 0.29) is 18.1 Å². The summed E-state index contributed by atoms with van der Waals surface area (Å²) in [5.41, 5.74) is -0.778. The van der Waals surface area contributed by atoms with Crippen LogP contribution in [0.3, 0.4) is 0 Å². The first kappa shape index (κ1) is 11.8. The van der Waals surface area contributed by atoms with Gasteiger partial charge in [0.15, 0.2) is 0 Å². The second kappa shape index (κ2) is 4.69. The van der Waals surface area contributed by atoms with Crippen molar-refractivity contribution in [1.82, 2.24) is 10.6 Å². The monoisotopic (exact) mass is 228 g/mol. The molecule has 3 atom stereocenters. The molecule has 2 saturated heterocycles. The van der Waals surface area contributed by atoms with E-state index in [0.717, 1.165) is 19.4 Å². The molecule has 16 heavy (non-hydrogen) atoms. The lowest BCUT2D eigenvalue weighted by Crippen LogP contribution is -2.47. The smallest absolute Gasteiger partial charge is 0.249 e. The van der Waals surface area contributed by atoms with E-state index in [9.17, 15) is 9.90 Å². The number of nitrogens with one attached hydrogen (secondary N) is 2. The van der Waals surface area contributed by atoms with Gasteiger partial charge in [0.05, 0.1) is 11.7 Å². The van der Waals surface area contributed by atoms with Crippen molar-refractivity contribution >= 4 is 5.91 Å². The van der Waals surface area contributed by atoms with E-state index in [4.69, 9.17) is 4.74 Å². The minimum atomic E-state index is -0.778. The third kappa shape index (κ3) is 2.72. The first-order valence-electron chi connectivity index (χ1n) is 5.95. The Balaban J connectivity index is 1.75. The molecule has 2 rings (SSSR count). The van der Waals surface area contributed by atoms with Crippen molar-refractivity contribution in [2.75, 3.05) is 19.6 Å². The maximum atomic E-state index is 11.7.